The Morgan fingerprint density at radius 2 is 2.04 bits per heavy atom. The van der Waals surface area contributed by atoms with Gasteiger partial charge in [0.05, 0.1) is 16.7 Å². The number of aromatic nitrogens is 2. The highest BCUT2D eigenvalue weighted by Crippen LogP contribution is 2.22. The molecule has 0 aliphatic carbocycles. The minimum absolute atomic E-state index is 0.0910. The molecular weight excluding hydrogens is 370 g/mol. The Morgan fingerprint density at radius 1 is 1.27 bits per heavy atom. The minimum atomic E-state index is -0.176. The van der Waals surface area contributed by atoms with Gasteiger partial charge in [0, 0.05) is 17.3 Å². The number of para-hydroxylation sites is 1. The number of hydrogen-bond acceptors (Lipinski definition) is 4. The second-order valence-corrected chi connectivity index (χ2v) is 7.14. The fourth-order valence-electron chi connectivity index (χ4n) is 2.58. The van der Waals surface area contributed by atoms with E-state index in [1.807, 2.05) is 32.0 Å². The average molecular weight is 388 g/mol. The zero-order chi connectivity index (χ0) is 18.7. The van der Waals surface area contributed by atoms with Gasteiger partial charge in [-0.25, -0.2) is 4.98 Å². The lowest BCUT2D eigenvalue weighted by molar-refractivity contribution is -0.113. The molecule has 1 amide bonds. The molecule has 7 heteroatoms. The van der Waals surface area contributed by atoms with Crippen molar-refractivity contribution in [3.63, 3.8) is 0 Å². The van der Waals surface area contributed by atoms with E-state index in [1.165, 1.54) is 11.8 Å². The first-order valence-corrected chi connectivity index (χ1v) is 9.54. The topological polar surface area (TPSA) is 64.0 Å². The highest BCUT2D eigenvalue weighted by molar-refractivity contribution is 7.99. The fraction of sp³-hybridized carbons (Fsp3) is 0.211. The highest BCUT2D eigenvalue weighted by Gasteiger charge is 2.13. The van der Waals surface area contributed by atoms with E-state index in [0.717, 1.165) is 5.56 Å². The molecule has 0 atom stereocenters. The number of thioether (sulfide) groups is 1. The summed E-state index contributed by atoms with van der Waals surface area (Å²) < 4.78 is 1.59. The number of hydrogen-bond donors (Lipinski definition) is 1. The number of amides is 1. The van der Waals surface area contributed by atoms with Crippen LogP contribution >= 0.6 is 23.4 Å². The molecule has 3 aromatic rings. The van der Waals surface area contributed by atoms with Gasteiger partial charge in [0.2, 0.25) is 5.91 Å². The Hall–Kier alpha value is -2.31. The molecule has 0 radical (unpaired) electrons. The molecule has 0 unspecified atom stereocenters. The second-order valence-electron chi connectivity index (χ2n) is 5.76. The van der Waals surface area contributed by atoms with Gasteiger partial charge in [0.1, 0.15) is 0 Å². The van der Waals surface area contributed by atoms with Crippen LogP contribution in [0.4, 0.5) is 5.69 Å². The normalized spacial score (nSPS) is 10.9. The number of rotatable bonds is 5. The van der Waals surface area contributed by atoms with Gasteiger partial charge in [0.15, 0.2) is 5.16 Å². The van der Waals surface area contributed by atoms with Gasteiger partial charge in [-0.3, -0.25) is 14.2 Å². The van der Waals surface area contributed by atoms with E-state index >= 15 is 0 Å². The largest absolute Gasteiger partial charge is 0.325 e. The number of nitrogens with one attached hydrogen (secondary N) is 1. The molecule has 0 aliphatic heterocycles. The third kappa shape index (κ3) is 3.92. The zero-order valence-corrected chi connectivity index (χ0v) is 16.0. The number of carbonyl (C=O) groups is 1. The lowest BCUT2D eigenvalue weighted by Crippen LogP contribution is -2.23. The van der Waals surface area contributed by atoms with Crippen molar-refractivity contribution in [2.24, 2.45) is 0 Å². The van der Waals surface area contributed by atoms with E-state index in [1.54, 1.807) is 28.8 Å². The average Bonchev–Trinajstić information content (AvgIpc) is 2.63. The van der Waals surface area contributed by atoms with Crippen molar-refractivity contribution >= 4 is 45.9 Å². The molecule has 0 saturated heterocycles. The maximum atomic E-state index is 12.6. The van der Waals surface area contributed by atoms with Gasteiger partial charge in [-0.15, -0.1) is 0 Å². The van der Waals surface area contributed by atoms with Crippen molar-refractivity contribution in [3.8, 4) is 0 Å². The zero-order valence-electron chi connectivity index (χ0n) is 14.5. The number of halogens is 1. The predicted molar refractivity (Wildman–Crippen MR) is 107 cm³/mol. The molecule has 1 N–H and O–H groups in total. The quantitative estimate of drug-likeness (QED) is 0.528. The van der Waals surface area contributed by atoms with E-state index in [4.69, 9.17) is 11.6 Å². The third-order valence-electron chi connectivity index (χ3n) is 3.95. The Labute approximate surface area is 160 Å². The summed E-state index contributed by atoms with van der Waals surface area (Å²) in [6, 6.07) is 12.6. The summed E-state index contributed by atoms with van der Waals surface area (Å²) in [4.78, 5) is 29.4. The van der Waals surface area contributed by atoms with Crippen LogP contribution in [0.15, 0.2) is 52.4 Å². The molecule has 0 aliphatic rings. The molecule has 1 aromatic heterocycles. The summed E-state index contributed by atoms with van der Waals surface area (Å²) in [5.41, 5.74) is 2.16. The van der Waals surface area contributed by atoms with Crippen LogP contribution in [0.2, 0.25) is 5.02 Å². The van der Waals surface area contributed by atoms with Crippen LogP contribution in [0, 0.1) is 6.92 Å². The van der Waals surface area contributed by atoms with Crippen LogP contribution < -0.4 is 10.9 Å². The maximum Gasteiger partial charge on any atom is 0.262 e. The Bertz CT molecular complexity index is 1030. The van der Waals surface area contributed by atoms with Gasteiger partial charge in [-0.1, -0.05) is 41.6 Å². The van der Waals surface area contributed by atoms with Crippen LogP contribution in [0.1, 0.15) is 12.5 Å². The molecular formula is C19H18ClN3O2S. The first-order valence-electron chi connectivity index (χ1n) is 8.18. The van der Waals surface area contributed by atoms with Gasteiger partial charge < -0.3 is 5.32 Å². The van der Waals surface area contributed by atoms with Crippen LogP contribution in [0.25, 0.3) is 10.9 Å². The van der Waals surface area contributed by atoms with E-state index in [9.17, 15) is 9.59 Å². The fourth-order valence-corrected chi connectivity index (χ4v) is 3.62. The molecule has 0 saturated carbocycles. The number of benzene rings is 2. The third-order valence-corrected chi connectivity index (χ3v) is 5.16. The molecule has 2 aromatic carbocycles. The van der Waals surface area contributed by atoms with E-state index in [2.05, 4.69) is 10.3 Å². The lowest BCUT2D eigenvalue weighted by atomic mass is 10.2. The number of aryl methyl sites for hydroxylation is 1. The molecule has 0 spiro atoms. The summed E-state index contributed by atoms with van der Waals surface area (Å²) in [7, 11) is 0. The molecule has 0 bridgehead atoms. The molecule has 0 fully saturated rings. The van der Waals surface area contributed by atoms with Crippen LogP contribution in [-0.2, 0) is 11.3 Å². The number of anilines is 1. The van der Waals surface area contributed by atoms with Crippen LogP contribution in [0.3, 0.4) is 0 Å². The summed E-state index contributed by atoms with van der Waals surface area (Å²) >= 11 is 7.23. The summed E-state index contributed by atoms with van der Waals surface area (Å²) in [6.07, 6.45) is 0. The van der Waals surface area contributed by atoms with Gasteiger partial charge in [0.25, 0.3) is 5.56 Å². The summed E-state index contributed by atoms with van der Waals surface area (Å²) in [5.74, 6) is -0.0260. The Morgan fingerprint density at radius 3 is 2.81 bits per heavy atom. The lowest BCUT2D eigenvalue weighted by Gasteiger charge is -2.12. The first-order chi connectivity index (χ1) is 12.5. The molecule has 5 nitrogen and oxygen atoms in total. The van der Waals surface area contributed by atoms with E-state index in [0.29, 0.717) is 33.3 Å². The number of fused-ring (bicyclic) bond motifs is 1. The SMILES string of the molecule is CCn1c(SCC(=O)Nc2cc(Cl)ccc2C)nc2ccccc2c1=O. The standard InChI is InChI=1S/C19H18ClN3O2S/c1-3-23-18(25)14-6-4-5-7-15(14)22-19(23)26-11-17(24)21-16-10-13(20)9-8-12(16)2/h4-10H,3,11H2,1-2H3,(H,21,24). The van der Waals surface area contributed by atoms with Crippen molar-refractivity contribution < 1.29 is 4.79 Å². The van der Waals surface area contributed by atoms with Gasteiger partial charge in [-0.05, 0) is 43.7 Å². The van der Waals surface area contributed by atoms with E-state index < -0.39 is 0 Å². The number of carbonyl (C=O) groups excluding carboxylic acids is 1. The van der Waals surface area contributed by atoms with Crippen molar-refractivity contribution in [2.75, 3.05) is 11.1 Å². The van der Waals surface area contributed by atoms with Gasteiger partial charge in [-0.2, -0.15) is 0 Å². The molecule has 3 rings (SSSR count). The van der Waals surface area contributed by atoms with Crippen molar-refractivity contribution in [1.29, 1.82) is 0 Å². The monoisotopic (exact) mass is 387 g/mol. The summed E-state index contributed by atoms with van der Waals surface area (Å²) in [6.45, 7) is 4.28. The van der Waals surface area contributed by atoms with Crippen molar-refractivity contribution in [2.45, 2.75) is 25.5 Å². The van der Waals surface area contributed by atoms with Crippen molar-refractivity contribution in [3.05, 3.63) is 63.4 Å². The van der Waals surface area contributed by atoms with Crippen molar-refractivity contribution in [1.82, 2.24) is 9.55 Å². The number of nitrogens with zero attached hydrogens (tertiary/aromatic N) is 2. The minimum Gasteiger partial charge on any atom is -0.325 e. The Balaban J connectivity index is 1.80. The molecule has 1 heterocycles. The molecule has 134 valence electrons. The van der Waals surface area contributed by atoms with Gasteiger partial charge >= 0.3 is 0 Å². The smallest absolute Gasteiger partial charge is 0.262 e. The predicted octanol–water partition coefficient (Wildman–Crippen LogP) is 4.11. The highest BCUT2D eigenvalue weighted by atomic mass is 35.5. The van der Waals surface area contributed by atoms with Crippen LogP contribution in [-0.4, -0.2) is 21.2 Å². The van der Waals surface area contributed by atoms with Crippen LogP contribution in [0.5, 0.6) is 0 Å². The second kappa shape index (κ2) is 7.93. The molecule has 26 heavy (non-hydrogen) atoms. The summed E-state index contributed by atoms with van der Waals surface area (Å²) in [5, 5.41) is 4.53. The van der Waals surface area contributed by atoms with E-state index in [-0.39, 0.29) is 17.2 Å². The Kier molecular flexibility index (Phi) is 5.64. The maximum absolute atomic E-state index is 12.6. The first kappa shape index (κ1) is 18.5.